The van der Waals surface area contributed by atoms with E-state index >= 15 is 0 Å². The SMILES string of the molecule is O=C(c1ccccc1)C(c1ccccc1)C1SCCCS1. The number of Topliss-reactive ketones (excluding diaryl/α,β-unsaturated/α-hetero) is 1. The smallest absolute Gasteiger partial charge is 0.172 e. The number of carbonyl (C=O) groups excluding carboxylic acids is 1. The van der Waals surface area contributed by atoms with Crippen molar-refractivity contribution in [3.8, 4) is 0 Å². The summed E-state index contributed by atoms with van der Waals surface area (Å²) in [6, 6.07) is 19.9. The predicted octanol–water partition coefficient (Wildman–Crippen LogP) is 4.85. The lowest BCUT2D eigenvalue weighted by Gasteiger charge is -2.28. The maximum absolute atomic E-state index is 13.0. The average Bonchev–Trinajstić information content (AvgIpc) is 2.58. The van der Waals surface area contributed by atoms with Gasteiger partial charge in [-0.25, -0.2) is 0 Å². The summed E-state index contributed by atoms with van der Waals surface area (Å²) in [7, 11) is 0. The van der Waals surface area contributed by atoms with E-state index in [0.717, 1.165) is 22.6 Å². The van der Waals surface area contributed by atoms with Crippen LogP contribution in [0.3, 0.4) is 0 Å². The third-order valence-electron chi connectivity index (χ3n) is 3.62. The minimum absolute atomic E-state index is 0.0519. The summed E-state index contributed by atoms with van der Waals surface area (Å²) < 4.78 is 0.328. The lowest BCUT2D eigenvalue weighted by atomic mass is 9.92. The highest BCUT2D eigenvalue weighted by Crippen LogP contribution is 2.42. The van der Waals surface area contributed by atoms with Gasteiger partial charge in [-0.05, 0) is 23.5 Å². The van der Waals surface area contributed by atoms with Crippen molar-refractivity contribution >= 4 is 29.3 Å². The molecule has 3 rings (SSSR count). The van der Waals surface area contributed by atoms with Crippen LogP contribution in [0, 0.1) is 0 Å². The van der Waals surface area contributed by atoms with Gasteiger partial charge in [0.2, 0.25) is 0 Å². The van der Waals surface area contributed by atoms with Crippen LogP contribution in [0.5, 0.6) is 0 Å². The van der Waals surface area contributed by atoms with Gasteiger partial charge in [-0.15, -0.1) is 23.5 Å². The van der Waals surface area contributed by atoms with Crippen LogP contribution in [-0.2, 0) is 0 Å². The summed E-state index contributed by atoms with van der Waals surface area (Å²) >= 11 is 3.86. The summed E-state index contributed by atoms with van der Waals surface area (Å²) in [5.41, 5.74) is 1.95. The van der Waals surface area contributed by atoms with Gasteiger partial charge in [0.25, 0.3) is 0 Å². The lowest BCUT2D eigenvalue weighted by Crippen LogP contribution is -2.24. The fourth-order valence-electron chi connectivity index (χ4n) is 2.57. The van der Waals surface area contributed by atoms with Crippen LogP contribution in [0.25, 0.3) is 0 Å². The van der Waals surface area contributed by atoms with E-state index in [1.807, 2.05) is 72.1 Å². The molecule has 1 atom stereocenters. The molecule has 0 N–H and O–H groups in total. The molecule has 0 radical (unpaired) electrons. The van der Waals surface area contributed by atoms with Crippen LogP contribution in [0.2, 0.25) is 0 Å². The van der Waals surface area contributed by atoms with Crippen molar-refractivity contribution in [3.05, 3.63) is 71.8 Å². The first-order valence-corrected chi connectivity index (χ1v) is 9.33. The standard InChI is InChI=1S/C18H18OS2/c19-17(15-10-5-2-6-11-15)16(14-8-3-1-4-9-14)18-20-12-7-13-21-18/h1-6,8-11,16,18H,7,12-13H2. The van der Waals surface area contributed by atoms with E-state index in [0.29, 0.717) is 4.58 Å². The molecule has 2 aromatic carbocycles. The van der Waals surface area contributed by atoms with Crippen LogP contribution >= 0.6 is 23.5 Å². The third kappa shape index (κ3) is 3.53. The van der Waals surface area contributed by atoms with Gasteiger partial charge >= 0.3 is 0 Å². The number of carbonyl (C=O) groups is 1. The first-order chi connectivity index (χ1) is 10.4. The molecule has 3 heteroatoms. The van der Waals surface area contributed by atoms with Gasteiger partial charge in [-0.2, -0.15) is 0 Å². The van der Waals surface area contributed by atoms with Crippen LogP contribution in [0.4, 0.5) is 0 Å². The number of thioether (sulfide) groups is 2. The van der Waals surface area contributed by atoms with E-state index in [2.05, 4.69) is 12.1 Å². The van der Waals surface area contributed by atoms with Crippen LogP contribution < -0.4 is 0 Å². The minimum atomic E-state index is -0.0519. The summed E-state index contributed by atoms with van der Waals surface area (Å²) in [6.45, 7) is 0. The van der Waals surface area contributed by atoms with Crippen LogP contribution in [0.15, 0.2) is 60.7 Å². The Morgan fingerprint density at radius 2 is 1.48 bits per heavy atom. The van der Waals surface area contributed by atoms with Gasteiger partial charge in [0.05, 0.1) is 10.5 Å². The Morgan fingerprint density at radius 1 is 0.905 bits per heavy atom. The highest BCUT2D eigenvalue weighted by Gasteiger charge is 2.32. The van der Waals surface area contributed by atoms with Crippen molar-refractivity contribution in [1.82, 2.24) is 0 Å². The average molecular weight is 314 g/mol. The summed E-state index contributed by atoms with van der Waals surface area (Å²) in [5.74, 6) is 2.50. The summed E-state index contributed by atoms with van der Waals surface area (Å²) in [6.07, 6.45) is 1.24. The molecule has 0 spiro atoms. The molecule has 1 saturated heterocycles. The molecule has 0 aromatic heterocycles. The van der Waals surface area contributed by atoms with Crippen molar-refractivity contribution in [2.75, 3.05) is 11.5 Å². The second-order valence-electron chi connectivity index (χ2n) is 5.08. The first kappa shape index (κ1) is 14.7. The van der Waals surface area contributed by atoms with Crippen molar-refractivity contribution < 1.29 is 4.79 Å². The van der Waals surface area contributed by atoms with Gasteiger partial charge < -0.3 is 0 Å². The molecular formula is C18H18OS2. The third-order valence-corrected chi connectivity index (χ3v) is 6.69. The Bertz CT molecular complexity index is 577. The molecule has 0 bridgehead atoms. The van der Waals surface area contributed by atoms with Crippen LogP contribution in [-0.4, -0.2) is 21.9 Å². The molecule has 1 aliphatic rings. The van der Waals surface area contributed by atoms with Gasteiger partial charge in [-0.3, -0.25) is 4.79 Å². The molecule has 0 amide bonds. The van der Waals surface area contributed by atoms with Crippen molar-refractivity contribution in [1.29, 1.82) is 0 Å². The van der Waals surface area contributed by atoms with Crippen LogP contribution in [0.1, 0.15) is 28.3 Å². The topological polar surface area (TPSA) is 17.1 Å². The second kappa shape index (κ2) is 7.19. The molecule has 1 unspecified atom stereocenters. The van der Waals surface area contributed by atoms with E-state index < -0.39 is 0 Å². The first-order valence-electron chi connectivity index (χ1n) is 7.23. The molecule has 21 heavy (non-hydrogen) atoms. The molecular weight excluding hydrogens is 296 g/mol. The monoisotopic (exact) mass is 314 g/mol. The fourth-order valence-corrected chi connectivity index (χ4v) is 5.75. The summed E-state index contributed by atoms with van der Waals surface area (Å²) in [5, 5.41) is 0. The number of hydrogen-bond acceptors (Lipinski definition) is 3. The molecule has 1 nitrogen and oxygen atoms in total. The Kier molecular flexibility index (Phi) is 5.04. The molecule has 1 fully saturated rings. The van der Waals surface area contributed by atoms with Crippen molar-refractivity contribution in [2.24, 2.45) is 0 Å². The largest absolute Gasteiger partial charge is 0.293 e. The number of hydrogen-bond donors (Lipinski definition) is 0. The van der Waals surface area contributed by atoms with E-state index in [1.54, 1.807) is 0 Å². The molecule has 108 valence electrons. The minimum Gasteiger partial charge on any atom is -0.293 e. The van der Waals surface area contributed by atoms with Gasteiger partial charge in [0.1, 0.15) is 0 Å². The Hall–Kier alpha value is -1.19. The van der Waals surface area contributed by atoms with Gasteiger partial charge in [0, 0.05) is 5.56 Å². The zero-order chi connectivity index (χ0) is 14.5. The molecule has 0 saturated carbocycles. The van der Waals surface area contributed by atoms with Crippen molar-refractivity contribution in [2.45, 2.75) is 16.9 Å². The summed E-state index contributed by atoms with van der Waals surface area (Å²) in [4.78, 5) is 13.0. The maximum Gasteiger partial charge on any atom is 0.172 e. The van der Waals surface area contributed by atoms with E-state index in [4.69, 9.17) is 0 Å². The van der Waals surface area contributed by atoms with E-state index in [-0.39, 0.29) is 11.7 Å². The zero-order valence-electron chi connectivity index (χ0n) is 11.8. The molecule has 1 aliphatic heterocycles. The maximum atomic E-state index is 13.0. The quantitative estimate of drug-likeness (QED) is 0.751. The molecule has 0 aliphatic carbocycles. The highest BCUT2D eigenvalue weighted by molar-refractivity contribution is 8.17. The lowest BCUT2D eigenvalue weighted by molar-refractivity contribution is 0.0965. The van der Waals surface area contributed by atoms with Crippen molar-refractivity contribution in [3.63, 3.8) is 0 Å². The Balaban J connectivity index is 1.94. The zero-order valence-corrected chi connectivity index (χ0v) is 13.4. The normalized spacial score (nSPS) is 17.3. The Labute approximate surface area is 134 Å². The second-order valence-corrected chi connectivity index (χ2v) is 7.88. The molecule has 1 heterocycles. The Morgan fingerprint density at radius 3 is 2.10 bits per heavy atom. The number of ketones is 1. The van der Waals surface area contributed by atoms with Gasteiger partial charge in [0.15, 0.2) is 5.78 Å². The number of benzene rings is 2. The molecule has 2 aromatic rings. The highest BCUT2D eigenvalue weighted by atomic mass is 32.2. The number of rotatable bonds is 4. The predicted molar refractivity (Wildman–Crippen MR) is 93.3 cm³/mol. The van der Waals surface area contributed by atoms with E-state index in [9.17, 15) is 4.79 Å². The van der Waals surface area contributed by atoms with Gasteiger partial charge in [-0.1, -0.05) is 60.7 Å². The fraction of sp³-hybridized carbons (Fsp3) is 0.278. The van der Waals surface area contributed by atoms with E-state index in [1.165, 1.54) is 6.42 Å².